The molecule has 2 heterocycles. The third kappa shape index (κ3) is 4.22. The average Bonchev–Trinajstić information content (AvgIpc) is 3.16. The smallest absolute Gasteiger partial charge is 0.0931 e. The van der Waals surface area contributed by atoms with Crippen LogP contribution >= 0.6 is 22.9 Å². The lowest BCUT2D eigenvalue weighted by molar-refractivity contribution is 0.344. The molecule has 112 valence electrons. The molecule has 1 fully saturated rings. The summed E-state index contributed by atoms with van der Waals surface area (Å²) in [5.41, 5.74) is 1.29. The van der Waals surface area contributed by atoms with Gasteiger partial charge in [0.1, 0.15) is 0 Å². The minimum atomic E-state index is 0.873. The van der Waals surface area contributed by atoms with Crippen LogP contribution in [0.2, 0.25) is 4.34 Å². The summed E-state index contributed by atoms with van der Waals surface area (Å²) < 4.78 is 0.873. The van der Waals surface area contributed by atoms with Crippen molar-refractivity contribution in [1.29, 1.82) is 0 Å². The first-order valence-electron chi connectivity index (χ1n) is 7.58. The molecule has 1 aliphatic rings. The quantitative estimate of drug-likeness (QED) is 0.773. The van der Waals surface area contributed by atoms with Gasteiger partial charge >= 0.3 is 0 Å². The molecule has 0 N–H and O–H groups in total. The summed E-state index contributed by atoms with van der Waals surface area (Å²) in [5.74, 6) is 0. The van der Waals surface area contributed by atoms with Crippen LogP contribution in [0, 0.1) is 0 Å². The summed E-state index contributed by atoms with van der Waals surface area (Å²) in [6.07, 6.45) is 2.71. The predicted octanol–water partition coefficient (Wildman–Crippen LogP) is 4.50. The molecule has 3 rings (SSSR count). The minimum absolute atomic E-state index is 0.873. The van der Waals surface area contributed by atoms with Crippen molar-refractivity contribution in [1.82, 2.24) is 4.90 Å². The van der Waals surface area contributed by atoms with E-state index >= 15 is 0 Å². The highest BCUT2D eigenvalue weighted by molar-refractivity contribution is 7.16. The maximum Gasteiger partial charge on any atom is 0.0931 e. The summed E-state index contributed by atoms with van der Waals surface area (Å²) in [4.78, 5) is 6.35. The van der Waals surface area contributed by atoms with E-state index in [-0.39, 0.29) is 0 Å². The zero-order valence-electron chi connectivity index (χ0n) is 12.2. The molecular formula is C17H21ClN2S. The van der Waals surface area contributed by atoms with Gasteiger partial charge in [-0.25, -0.2) is 0 Å². The fraction of sp³-hybridized carbons (Fsp3) is 0.412. The second-order valence-electron chi connectivity index (χ2n) is 5.51. The summed E-state index contributed by atoms with van der Waals surface area (Å²) >= 11 is 7.74. The molecule has 2 aromatic rings. The van der Waals surface area contributed by atoms with E-state index in [0.29, 0.717) is 0 Å². The van der Waals surface area contributed by atoms with Crippen LogP contribution in [0.1, 0.15) is 17.7 Å². The number of para-hydroxylation sites is 1. The second kappa shape index (κ2) is 7.30. The van der Waals surface area contributed by atoms with Crippen molar-refractivity contribution in [3.05, 3.63) is 51.7 Å². The minimum Gasteiger partial charge on any atom is -0.365 e. The maximum absolute atomic E-state index is 6.06. The largest absolute Gasteiger partial charge is 0.365 e. The summed E-state index contributed by atoms with van der Waals surface area (Å²) in [6.45, 7) is 5.67. The topological polar surface area (TPSA) is 6.48 Å². The number of hydrogen-bond donors (Lipinski definition) is 0. The Hall–Kier alpha value is -1.03. The Bertz CT molecular complexity index is 549. The molecule has 0 unspecified atom stereocenters. The Labute approximate surface area is 136 Å². The number of nitrogens with zero attached hydrogens (tertiary/aromatic N) is 2. The van der Waals surface area contributed by atoms with Crippen molar-refractivity contribution < 1.29 is 0 Å². The molecule has 0 saturated carbocycles. The SMILES string of the molecule is Clc1ccc(CN(CCN2CCCC2)c2ccccc2)s1. The first kappa shape index (κ1) is 14.9. The third-order valence-electron chi connectivity index (χ3n) is 3.98. The van der Waals surface area contributed by atoms with E-state index < -0.39 is 0 Å². The van der Waals surface area contributed by atoms with Crippen molar-refractivity contribution in [3.63, 3.8) is 0 Å². The van der Waals surface area contributed by atoms with E-state index in [9.17, 15) is 0 Å². The Morgan fingerprint density at radius 3 is 2.48 bits per heavy atom. The molecule has 1 aromatic heterocycles. The van der Waals surface area contributed by atoms with Gasteiger partial charge in [-0.3, -0.25) is 0 Å². The van der Waals surface area contributed by atoms with Gasteiger partial charge in [-0.2, -0.15) is 0 Å². The fourth-order valence-electron chi connectivity index (χ4n) is 2.83. The number of benzene rings is 1. The first-order valence-corrected chi connectivity index (χ1v) is 8.77. The van der Waals surface area contributed by atoms with Gasteiger partial charge in [0.2, 0.25) is 0 Å². The highest BCUT2D eigenvalue weighted by Crippen LogP contribution is 2.25. The summed E-state index contributed by atoms with van der Waals surface area (Å²) in [7, 11) is 0. The van der Waals surface area contributed by atoms with Crippen LogP contribution in [-0.4, -0.2) is 31.1 Å². The van der Waals surface area contributed by atoms with Crippen molar-refractivity contribution in [2.24, 2.45) is 0 Å². The number of anilines is 1. The normalized spacial score (nSPS) is 15.5. The highest BCUT2D eigenvalue weighted by atomic mass is 35.5. The fourth-order valence-corrected chi connectivity index (χ4v) is 3.93. The highest BCUT2D eigenvalue weighted by Gasteiger charge is 2.14. The van der Waals surface area contributed by atoms with Gasteiger partial charge in [-0.1, -0.05) is 29.8 Å². The zero-order chi connectivity index (χ0) is 14.5. The van der Waals surface area contributed by atoms with E-state index in [1.807, 2.05) is 6.07 Å². The van der Waals surface area contributed by atoms with E-state index in [1.165, 1.54) is 36.5 Å². The van der Waals surface area contributed by atoms with E-state index in [0.717, 1.165) is 24.0 Å². The van der Waals surface area contributed by atoms with Gasteiger partial charge in [-0.15, -0.1) is 11.3 Å². The Morgan fingerprint density at radius 1 is 1.05 bits per heavy atom. The van der Waals surface area contributed by atoms with E-state index in [1.54, 1.807) is 11.3 Å². The number of thiophene rings is 1. The number of likely N-dealkylation sites (tertiary alicyclic amines) is 1. The maximum atomic E-state index is 6.06. The first-order chi connectivity index (χ1) is 10.3. The van der Waals surface area contributed by atoms with Crippen LogP contribution in [0.25, 0.3) is 0 Å². The van der Waals surface area contributed by atoms with E-state index in [4.69, 9.17) is 11.6 Å². The molecule has 0 atom stereocenters. The van der Waals surface area contributed by atoms with E-state index in [2.05, 4.69) is 46.2 Å². The molecule has 2 nitrogen and oxygen atoms in total. The molecule has 0 amide bonds. The second-order valence-corrected chi connectivity index (χ2v) is 7.31. The van der Waals surface area contributed by atoms with Gasteiger partial charge in [0.05, 0.1) is 10.9 Å². The van der Waals surface area contributed by atoms with Crippen molar-refractivity contribution in [2.45, 2.75) is 19.4 Å². The molecule has 0 aliphatic carbocycles. The van der Waals surface area contributed by atoms with Crippen molar-refractivity contribution in [3.8, 4) is 0 Å². The number of halogens is 1. The van der Waals surface area contributed by atoms with Gasteiger partial charge in [0, 0.05) is 23.7 Å². The molecule has 0 spiro atoms. The lowest BCUT2D eigenvalue weighted by Gasteiger charge is -2.27. The summed E-state index contributed by atoms with van der Waals surface area (Å²) in [6, 6.07) is 14.8. The Balaban J connectivity index is 1.67. The van der Waals surface area contributed by atoms with Gasteiger partial charge in [0.25, 0.3) is 0 Å². The Kier molecular flexibility index (Phi) is 5.17. The number of rotatable bonds is 6. The van der Waals surface area contributed by atoms with Crippen LogP contribution < -0.4 is 4.90 Å². The number of hydrogen-bond acceptors (Lipinski definition) is 3. The van der Waals surface area contributed by atoms with Gasteiger partial charge in [0.15, 0.2) is 0 Å². The molecule has 1 aromatic carbocycles. The van der Waals surface area contributed by atoms with Gasteiger partial charge in [-0.05, 0) is 50.2 Å². The van der Waals surface area contributed by atoms with Crippen LogP contribution in [0.4, 0.5) is 5.69 Å². The van der Waals surface area contributed by atoms with Crippen molar-refractivity contribution >= 4 is 28.6 Å². The van der Waals surface area contributed by atoms with Gasteiger partial charge < -0.3 is 9.80 Å². The predicted molar refractivity (Wildman–Crippen MR) is 92.5 cm³/mol. The lowest BCUT2D eigenvalue weighted by atomic mass is 10.2. The molecule has 21 heavy (non-hydrogen) atoms. The molecule has 1 aliphatic heterocycles. The van der Waals surface area contributed by atoms with Crippen molar-refractivity contribution in [2.75, 3.05) is 31.1 Å². The van der Waals surface area contributed by atoms with Crippen LogP contribution in [0.5, 0.6) is 0 Å². The molecule has 1 saturated heterocycles. The Morgan fingerprint density at radius 2 is 1.81 bits per heavy atom. The summed E-state index contributed by atoms with van der Waals surface area (Å²) in [5, 5.41) is 0. The average molecular weight is 321 g/mol. The van der Waals surface area contributed by atoms with Crippen LogP contribution in [-0.2, 0) is 6.54 Å². The zero-order valence-corrected chi connectivity index (χ0v) is 13.7. The monoisotopic (exact) mass is 320 g/mol. The standard InChI is InChI=1S/C17H21ClN2S/c18-17-9-8-16(21-17)14-20(15-6-2-1-3-7-15)13-12-19-10-4-5-11-19/h1-3,6-9H,4-5,10-14H2. The molecule has 4 heteroatoms. The van der Waals surface area contributed by atoms with Crippen LogP contribution in [0.15, 0.2) is 42.5 Å². The molecule has 0 radical (unpaired) electrons. The third-order valence-corrected chi connectivity index (χ3v) is 5.20. The molecule has 0 bridgehead atoms. The molecular weight excluding hydrogens is 300 g/mol. The lowest BCUT2D eigenvalue weighted by Crippen LogP contribution is -2.33. The van der Waals surface area contributed by atoms with Crippen LogP contribution in [0.3, 0.4) is 0 Å².